The average Bonchev–Trinajstić information content (AvgIpc) is 2.64. The first kappa shape index (κ1) is 11.7. The monoisotopic (exact) mass is 217 g/mol. The van der Waals surface area contributed by atoms with Crippen LogP contribution in [0.15, 0.2) is 30.3 Å². The van der Waals surface area contributed by atoms with Gasteiger partial charge in [-0.2, -0.15) is 0 Å². The van der Waals surface area contributed by atoms with Gasteiger partial charge in [-0.05, 0) is 30.9 Å². The Morgan fingerprint density at radius 2 is 2.00 bits per heavy atom. The Kier molecular flexibility index (Phi) is 4.00. The van der Waals surface area contributed by atoms with Crippen molar-refractivity contribution in [1.82, 2.24) is 4.90 Å². The smallest absolute Gasteiger partial charge is 0.0236 e. The first-order valence-electron chi connectivity index (χ1n) is 6.59. The molecule has 88 valence electrons. The molecule has 1 aromatic carbocycles. The van der Waals surface area contributed by atoms with E-state index in [2.05, 4.69) is 49.1 Å². The van der Waals surface area contributed by atoms with Crippen LogP contribution in [0.25, 0.3) is 0 Å². The van der Waals surface area contributed by atoms with E-state index in [1.54, 1.807) is 0 Å². The molecule has 2 atom stereocenters. The van der Waals surface area contributed by atoms with Gasteiger partial charge in [0.2, 0.25) is 0 Å². The van der Waals surface area contributed by atoms with Gasteiger partial charge in [0.15, 0.2) is 0 Å². The third-order valence-corrected chi connectivity index (χ3v) is 3.81. The van der Waals surface area contributed by atoms with Gasteiger partial charge in [-0.1, -0.05) is 50.6 Å². The molecule has 0 radical (unpaired) electrons. The summed E-state index contributed by atoms with van der Waals surface area (Å²) in [5, 5.41) is 0. The van der Waals surface area contributed by atoms with Crippen molar-refractivity contribution in [3.05, 3.63) is 35.9 Å². The summed E-state index contributed by atoms with van der Waals surface area (Å²) in [7, 11) is 0. The molecule has 0 N–H and O–H groups in total. The van der Waals surface area contributed by atoms with Crippen LogP contribution < -0.4 is 0 Å². The minimum Gasteiger partial charge on any atom is -0.296 e. The topological polar surface area (TPSA) is 3.24 Å². The molecular formula is C15H23N. The Hall–Kier alpha value is -0.820. The molecule has 1 aromatic rings. The van der Waals surface area contributed by atoms with Gasteiger partial charge < -0.3 is 0 Å². The van der Waals surface area contributed by atoms with E-state index in [1.807, 2.05) is 0 Å². The predicted octanol–water partition coefficient (Wildman–Crippen LogP) is 3.70. The van der Waals surface area contributed by atoms with E-state index in [0.29, 0.717) is 0 Å². The fourth-order valence-corrected chi connectivity index (χ4v) is 2.86. The van der Waals surface area contributed by atoms with Crippen molar-refractivity contribution in [2.24, 2.45) is 5.92 Å². The van der Waals surface area contributed by atoms with E-state index >= 15 is 0 Å². The number of hydrogen-bond acceptors (Lipinski definition) is 1. The van der Waals surface area contributed by atoms with Gasteiger partial charge in [0.1, 0.15) is 0 Å². The summed E-state index contributed by atoms with van der Waals surface area (Å²) in [5.41, 5.74) is 1.46. The second-order valence-corrected chi connectivity index (χ2v) is 5.08. The lowest BCUT2D eigenvalue weighted by Crippen LogP contribution is -2.31. The van der Waals surface area contributed by atoms with Crippen molar-refractivity contribution in [3.8, 4) is 0 Å². The fraction of sp³-hybridized carbons (Fsp3) is 0.600. The number of rotatable bonds is 4. The SMILES string of the molecule is CCC[C@H]1[C@@H](C)CCN1Cc1ccccc1. The molecule has 1 heteroatoms. The summed E-state index contributed by atoms with van der Waals surface area (Å²) < 4.78 is 0. The highest BCUT2D eigenvalue weighted by atomic mass is 15.2. The molecule has 0 unspecified atom stereocenters. The Labute approximate surface area is 99.5 Å². The van der Waals surface area contributed by atoms with Crippen LogP contribution in [0.4, 0.5) is 0 Å². The van der Waals surface area contributed by atoms with E-state index in [1.165, 1.54) is 31.4 Å². The van der Waals surface area contributed by atoms with Gasteiger partial charge in [0.25, 0.3) is 0 Å². The molecule has 16 heavy (non-hydrogen) atoms. The Morgan fingerprint density at radius 3 is 2.69 bits per heavy atom. The molecule has 1 saturated heterocycles. The number of benzene rings is 1. The summed E-state index contributed by atoms with van der Waals surface area (Å²) in [5.74, 6) is 0.878. The zero-order chi connectivity index (χ0) is 11.4. The van der Waals surface area contributed by atoms with Gasteiger partial charge in [-0.3, -0.25) is 4.90 Å². The van der Waals surface area contributed by atoms with Gasteiger partial charge in [0, 0.05) is 12.6 Å². The Morgan fingerprint density at radius 1 is 1.25 bits per heavy atom. The quantitative estimate of drug-likeness (QED) is 0.743. The van der Waals surface area contributed by atoms with Crippen molar-refractivity contribution >= 4 is 0 Å². The number of hydrogen-bond donors (Lipinski definition) is 0. The summed E-state index contributed by atoms with van der Waals surface area (Å²) in [4.78, 5) is 2.67. The maximum atomic E-state index is 2.67. The predicted molar refractivity (Wildman–Crippen MR) is 69.3 cm³/mol. The average molecular weight is 217 g/mol. The molecule has 1 aliphatic heterocycles. The highest BCUT2D eigenvalue weighted by molar-refractivity contribution is 5.14. The zero-order valence-corrected chi connectivity index (χ0v) is 10.5. The Balaban J connectivity index is 1.99. The van der Waals surface area contributed by atoms with Gasteiger partial charge >= 0.3 is 0 Å². The highest BCUT2D eigenvalue weighted by Crippen LogP contribution is 2.28. The van der Waals surface area contributed by atoms with Crippen LogP contribution in [0.2, 0.25) is 0 Å². The minimum atomic E-state index is 0.810. The summed E-state index contributed by atoms with van der Waals surface area (Å²) in [6, 6.07) is 11.7. The van der Waals surface area contributed by atoms with E-state index < -0.39 is 0 Å². The van der Waals surface area contributed by atoms with Crippen LogP contribution in [0.5, 0.6) is 0 Å². The van der Waals surface area contributed by atoms with E-state index in [4.69, 9.17) is 0 Å². The lowest BCUT2D eigenvalue weighted by molar-refractivity contribution is 0.210. The number of nitrogens with zero attached hydrogens (tertiary/aromatic N) is 1. The number of likely N-dealkylation sites (tertiary alicyclic amines) is 1. The highest BCUT2D eigenvalue weighted by Gasteiger charge is 2.29. The van der Waals surface area contributed by atoms with Crippen LogP contribution in [0.3, 0.4) is 0 Å². The van der Waals surface area contributed by atoms with Crippen molar-refractivity contribution in [1.29, 1.82) is 0 Å². The van der Waals surface area contributed by atoms with Crippen LogP contribution in [0, 0.1) is 5.92 Å². The fourth-order valence-electron chi connectivity index (χ4n) is 2.86. The molecule has 0 aliphatic carbocycles. The molecule has 0 saturated carbocycles. The first-order valence-corrected chi connectivity index (χ1v) is 6.59. The summed E-state index contributed by atoms with van der Waals surface area (Å²) in [6.45, 7) is 7.12. The van der Waals surface area contributed by atoms with Gasteiger partial charge in [-0.25, -0.2) is 0 Å². The van der Waals surface area contributed by atoms with Crippen molar-refractivity contribution in [2.45, 2.75) is 45.7 Å². The molecule has 1 heterocycles. The van der Waals surface area contributed by atoms with Crippen molar-refractivity contribution < 1.29 is 0 Å². The zero-order valence-electron chi connectivity index (χ0n) is 10.5. The van der Waals surface area contributed by atoms with Gasteiger partial charge in [-0.15, -0.1) is 0 Å². The maximum Gasteiger partial charge on any atom is 0.0236 e. The third kappa shape index (κ3) is 2.65. The molecule has 2 rings (SSSR count). The second-order valence-electron chi connectivity index (χ2n) is 5.08. The summed E-state index contributed by atoms with van der Waals surface area (Å²) >= 11 is 0. The minimum absolute atomic E-state index is 0.810. The van der Waals surface area contributed by atoms with Crippen LogP contribution in [0.1, 0.15) is 38.7 Å². The van der Waals surface area contributed by atoms with Crippen LogP contribution >= 0.6 is 0 Å². The lowest BCUT2D eigenvalue weighted by Gasteiger charge is -2.26. The van der Waals surface area contributed by atoms with Crippen molar-refractivity contribution in [2.75, 3.05) is 6.54 Å². The van der Waals surface area contributed by atoms with E-state index in [9.17, 15) is 0 Å². The van der Waals surface area contributed by atoms with Crippen LogP contribution in [-0.2, 0) is 6.54 Å². The molecule has 0 bridgehead atoms. The molecule has 1 fully saturated rings. The molecular weight excluding hydrogens is 194 g/mol. The first-order chi connectivity index (χ1) is 7.81. The molecule has 1 nitrogen and oxygen atoms in total. The maximum absolute atomic E-state index is 2.67. The molecule has 0 spiro atoms. The lowest BCUT2D eigenvalue weighted by atomic mass is 9.98. The van der Waals surface area contributed by atoms with Crippen molar-refractivity contribution in [3.63, 3.8) is 0 Å². The van der Waals surface area contributed by atoms with Gasteiger partial charge in [0.05, 0.1) is 0 Å². The molecule has 0 aromatic heterocycles. The second kappa shape index (κ2) is 5.49. The Bertz CT molecular complexity index is 306. The third-order valence-electron chi connectivity index (χ3n) is 3.81. The van der Waals surface area contributed by atoms with Crippen LogP contribution in [-0.4, -0.2) is 17.5 Å². The van der Waals surface area contributed by atoms with E-state index in [0.717, 1.165) is 18.5 Å². The normalized spacial score (nSPS) is 26.1. The largest absolute Gasteiger partial charge is 0.296 e. The summed E-state index contributed by atoms with van der Waals surface area (Å²) in [6.07, 6.45) is 4.03. The molecule has 0 amide bonds. The van der Waals surface area contributed by atoms with E-state index in [-0.39, 0.29) is 0 Å². The standard InChI is InChI=1S/C15H23N/c1-3-7-15-13(2)10-11-16(15)12-14-8-5-4-6-9-14/h4-6,8-9,13,15H,3,7,10-12H2,1-2H3/t13-,15-/m0/s1. The molecule has 1 aliphatic rings.